The number of hydrazine groups is 1. The van der Waals surface area contributed by atoms with Gasteiger partial charge in [-0.15, -0.1) is 0 Å². The average Bonchev–Trinajstić information content (AvgIpc) is 1.37. The summed E-state index contributed by atoms with van der Waals surface area (Å²) in [5.41, 5.74) is 2.51. The Hall–Kier alpha value is 1.56. The van der Waals surface area contributed by atoms with E-state index in [1.807, 2.05) is 0 Å². The molecule has 0 rings (SSSR count). The molecule has 4 heavy (non-hydrogen) atoms. The van der Waals surface area contributed by atoms with Gasteiger partial charge in [0, 0.05) is 0 Å². The van der Waals surface area contributed by atoms with Gasteiger partial charge in [-0.2, -0.15) is 0 Å². The zero-order valence-corrected chi connectivity index (χ0v) is 5.91. The van der Waals surface area contributed by atoms with Gasteiger partial charge in [-0.3, -0.25) is 0 Å². The summed E-state index contributed by atoms with van der Waals surface area (Å²) in [6.07, 6.45) is 0. The number of hydrogen-bond acceptors (Lipinski definition) is 2. The van der Waals surface area contributed by atoms with Gasteiger partial charge >= 0.3 is 60.9 Å². The van der Waals surface area contributed by atoms with Gasteiger partial charge in [-0.05, 0) is 0 Å². The molecule has 0 aliphatic carbocycles. The molecule has 0 unspecified atom stereocenters. The van der Waals surface area contributed by atoms with Crippen LogP contribution in [0.1, 0.15) is 0 Å². The second-order valence-electron chi connectivity index (χ2n) is 0.558. The fourth-order valence-corrected chi connectivity index (χ4v) is 0. The topological polar surface area (TPSA) is 38.0 Å². The molecule has 0 aromatic rings. The molecule has 0 bridgehead atoms. The van der Waals surface area contributed by atoms with E-state index >= 15 is 0 Å². The van der Waals surface area contributed by atoms with Crippen molar-refractivity contribution in [3.63, 3.8) is 0 Å². The molecular formula is CH5KN2. The Morgan fingerprint density at radius 2 is 2.25 bits per heavy atom. The maximum atomic E-state index is 4.82. The molecule has 0 aliphatic heterocycles. The van der Waals surface area contributed by atoms with Gasteiger partial charge in [0.15, 0.2) is 0 Å². The van der Waals surface area contributed by atoms with E-state index in [0.717, 1.165) is 49.6 Å². The molecule has 0 saturated heterocycles. The van der Waals surface area contributed by atoms with Crippen LogP contribution in [0.15, 0.2) is 0 Å². The van der Waals surface area contributed by atoms with E-state index in [1.54, 1.807) is 0 Å². The summed E-state index contributed by atoms with van der Waals surface area (Å²) in [5.74, 6) is 4.82. The van der Waals surface area contributed by atoms with Gasteiger partial charge in [-0.1, -0.05) is 0 Å². The minimum atomic E-state index is 0.877. The van der Waals surface area contributed by atoms with Crippen molar-refractivity contribution in [1.29, 1.82) is 0 Å². The molecular weight excluding hydrogens is 79.1 g/mol. The van der Waals surface area contributed by atoms with Crippen LogP contribution in [-0.4, -0.2) is 49.6 Å². The van der Waals surface area contributed by atoms with E-state index in [9.17, 15) is 0 Å². The van der Waals surface area contributed by atoms with Crippen molar-refractivity contribution in [2.24, 2.45) is 5.84 Å². The molecule has 0 aromatic heterocycles. The fraction of sp³-hybridized carbons (Fsp3) is 1.00. The molecule has 20 valence electrons. The Balaban J connectivity index is 1.97. The van der Waals surface area contributed by atoms with Gasteiger partial charge in [0.2, 0.25) is 0 Å². The number of rotatable bonds is 1. The van der Waals surface area contributed by atoms with Crippen LogP contribution < -0.4 is 11.3 Å². The zero-order valence-electron chi connectivity index (χ0n) is 2.78. The second-order valence-corrected chi connectivity index (χ2v) is 1.66. The van der Waals surface area contributed by atoms with Gasteiger partial charge in [0.05, 0.1) is 0 Å². The summed E-state index contributed by atoms with van der Waals surface area (Å²) in [4.78, 5) is 0. The first kappa shape index (κ1) is 5.56. The van der Waals surface area contributed by atoms with Crippen molar-refractivity contribution in [3.05, 3.63) is 0 Å². The maximum absolute atomic E-state index is 4.82. The van der Waals surface area contributed by atoms with E-state index in [-0.39, 0.29) is 0 Å². The molecule has 3 heteroatoms. The fourth-order valence-electron chi connectivity index (χ4n) is 0. The van der Waals surface area contributed by atoms with Crippen molar-refractivity contribution in [2.45, 2.75) is 0 Å². The number of nitrogens with two attached hydrogens (primary N) is 1. The van der Waals surface area contributed by atoms with E-state index in [2.05, 4.69) is 5.43 Å². The van der Waals surface area contributed by atoms with Crippen LogP contribution in [-0.2, 0) is 0 Å². The Morgan fingerprint density at radius 1 is 2.00 bits per heavy atom. The van der Waals surface area contributed by atoms with Crippen molar-refractivity contribution in [2.75, 3.05) is 0.639 Å². The summed E-state index contributed by atoms with van der Waals surface area (Å²) in [5, 5.41) is 0. The first-order valence-corrected chi connectivity index (χ1v) is 3.56. The standard InChI is InChI=1S/CH5N2.K/c1-3-2;/h3H,1-2H2;. The normalized spacial score (nSPS) is 7.75. The van der Waals surface area contributed by atoms with Crippen LogP contribution in [0.4, 0.5) is 0 Å². The quantitative estimate of drug-likeness (QED) is 0.232. The third kappa shape index (κ3) is 3.56. The van der Waals surface area contributed by atoms with Crippen LogP contribution in [0, 0.1) is 0 Å². The molecule has 0 aliphatic rings. The van der Waals surface area contributed by atoms with Crippen molar-refractivity contribution in [3.8, 4) is 0 Å². The third-order valence-electron chi connectivity index (χ3n) is 0.204. The number of nitrogens with one attached hydrogen (secondary N) is 1. The Bertz CT molecular complexity index is 8.00. The first-order valence-electron chi connectivity index (χ1n) is 1.35. The van der Waals surface area contributed by atoms with Gasteiger partial charge < -0.3 is 0 Å². The zero-order chi connectivity index (χ0) is 3.41. The van der Waals surface area contributed by atoms with E-state index in [0.29, 0.717) is 0 Å². The molecule has 3 N–H and O–H groups in total. The summed E-state index contributed by atoms with van der Waals surface area (Å²) in [6.45, 7) is 0. The molecule has 0 fully saturated rings. The molecule has 0 atom stereocenters. The summed E-state index contributed by atoms with van der Waals surface area (Å²) < 4.78 is 1.03. The van der Waals surface area contributed by atoms with Gasteiger partial charge in [0.25, 0.3) is 0 Å². The second kappa shape index (κ2) is 4.56. The van der Waals surface area contributed by atoms with E-state index < -0.39 is 0 Å². The Kier molecular flexibility index (Phi) is 6.33. The van der Waals surface area contributed by atoms with Crippen molar-refractivity contribution >= 4 is 49.0 Å². The summed E-state index contributed by atoms with van der Waals surface area (Å²) in [7, 11) is 0. The molecule has 0 spiro atoms. The molecule has 0 radical (unpaired) electrons. The Morgan fingerprint density at radius 3 is 2.25 bits per heavy atom. The third-order valence-corrected chi connectivity index (χ3v) is 0.842. The van der Waals surface area contributed by atoms with Crippen LogP contribution >= 0.6 is 0 Å². The molecule has 0 heterocycles. The average molecular weight is 84.2 g/mol. The molecule has 0 saturated carbocycles. The van der Waals surface area contributed by atoms with Crippen LogP contribution in [0.3, 0.4) is 0 Å². The predicted molar refractivity (Wildman–Crippen MR) is 17.9 cm³/mol. The van der Waals surface area contributed by atoms with Crippen molar-refractivity contribution < 1.29 is 0 Å². The SMILES string of the molecule is NN[CH2][K]. The molecule has 2 nitrogen and oxygen atoms in total. The summed E-state index contributed by atoms with van der Waals surface area (Å²) >= 11 is 0.877. The van der Waals surface area contributed by atoms with Crippen LogP contribution in [0.2, 0.25) is 0 Å². The van der Waals surface area contributed by atoms with E-state index in [4.69, 9.17) is 5.84 Å². The summed E-state index contributed by atoms with van der Waals surface area (Å²) in [6, 6.07) is 0. The van der Waals surface area contributed by atoms with E-state index in [1.165, 1.54) is 0 Å². The van der Waals surface area contributed by atoms with Gasteiger partial charge in [0.1, 0.15) is 0 Å². The predicted octanol–water partition coefficient (Wildman–Crippen LogP) is -1.42. The van der Waals surface area contributed by atoms with Crippen LogP contribution in [0.5, 0.6) is 0 Å². The molecule has 0 aromatic carbocycles. The van der Waals surface area contributed by atoms with Gasteiger partial charge in [-0.25, -0.2) is 0 Å². The van der Waals surface area contributed by atoms with Crippen LogP contribution in [0.25, 0.3) is 0 Å². The monoisotopic (exact) mass is 84.0 g/mol. The Labute approximate surface area is 59.7 Å². The molecule has 0 amide bonds. The minimum absolute atomic E-state index is 0.877. The van der Waals surface area contributed by atoms with Crippen molar-refractivity contribution in [1.82, 2.24) is 5.43 Å². The number of hydrogen-bond donors (Lipinski definition) is 2. The first-order chi connectivity index (χ1) is 1.91.